The minimum atomic E-state index is -0.0241. The van der Waals surface area contributed by atoms with Crippen LogP contribution in [0.5, 0.6) is 0 Å². The smallest absolute Gasteiger partial charge is 0.256 e. The molecule has 1 amide bonds. The molecule has 0 fully saturated rings. The number of aryl methyl sites for hydroxylation is 1. The molecule has 2 aromatic rings. The minimum Gasteiger partial charge on any atom is -0.321 e. The molecule has 0 saturated heterocycles. The van der Waals surface area contributed by atoms with Crippen LogP contribution in [0.2, 0.25) is 0 Å². The van der Waals surface area contributed by atoms with Gasteiger partial charge in [-0.2, -0.15) is 0 Å². The summed E-state index contributed by atoms with van der Waals surface area (Å²) in [6.45, 7) is 2.06. The van der Waals surface area contributed by atoms with E-state index in [0.29, 0.717) is 0 Å². The number of hydrogen-bond donors (Lipinski definition) is 1. The first-order chi connectivity index (χ1) is 8.74. The standard InChI is InChI=1S/C16H13NO/c1-11-6-8-12(9-7-11)10-15-13-4-2-3-5-14(13)16(18)17-15/h2-10H,1H3,(H,17,18)/b15-10+. The topological polar surface area (TPSA) is 29.1 Å². The van der Waals surface area contributed by atoms with Crippen LogP contribution in [-0.4, -0.2) is 5.91 Å². The van der Waals surface area contributed by atoms with Gasteiger partial charge >= 0.3 is 0 Å². The fourth-order valence-electron chi connectivity index (χ4n) is 2.12. The van der Waals surface area contributed by atoms with E-state index in [1.54, 1.807) is 0 Å². The molecule has 2 heteroatoms. The highest BCUT2D eigenvalue weighted by Crippen LogP contribution is 2.25. The maximum atomic E-state index is 11.8. The highest BCUT2D eigenvalue weighted by Gasteiger charge is 2.22. The molecule has 1 aliphatic rings. The zero-order valence-electron chi connectivity index (χ0n) is 10.1. The molecular weight excluding hydrogens is 222 g/mol. The number of nitrogens with one attached hydrogen (secondary N) is 1. The van der Waals surface area contributed by atoms with Crippen molar-refractivity contribution in [3.8, 4) is 0 Å². The molecule has 0 saturated carbocycles. The van der Waals surface area contributed by atoms with Crippen LogP contribution in [-0.2, 0) is 0 Å². The number of hydrogen-bond acceptors (Lipinski definition) is 1. The Labute approximate surface area is 106 Å². The summed E-state index contributed by atoms with van der Waals surface area (Å²) < 4.78 is 0. The average Bonchev–Trinajstić information content (AvgIpc) is 2.70. The Hall–Kier alpha value is -2.35. The average molecular weight is 235 g/mol. The summed E-state index contributed by atoms with van der Waals surface area (Å²) in [6, 6.07) is 15.9. The zero-order chi connectivity index (χ0) is 12.5. The fraction of sp³-hybridized carbons (Fsp3) is 0.0625. The fourth-order valence-corrected chi connectivity index (χ4v) is 2.12. The number of fused-ring (bicyclic) bond motifs is 1. The van der Waals surface area contributed by atoms with Gasteiger partial charge in [-0.15, -0.1) is 0 Å². The molecule has 2 nitrogen and oxygen atoms in total. The van der Waals surface area contributed by atoms with Gasteiger partial charge in [0.2, 0.25) is 0 Å². The maximum absolute atomic E-state index is 11.8. The third-order valence-corrected chi connectivity index (χ3v) is 3.10. The zero-order valence-corrected chi connectivity index (χ0v) is 10.1. The second-order valence-electron chi connectivity index (χ2n) is 4.47. The minimum absolute atomic E-state index is 0.0241. The largest absolute Gasteiger partial charge is 0.321 e. The number of rotatable bonds is 1. The molecule has 0 radical (unpaired) electrons. The molecule has 1 N–H and O–H groups in total. The first-order valence-corrected chi connectivity index (χ1v) is 5.93. The summed E-state index contributed by atoms with van der Waals surface area (Å²) in [5.41, 5.74) is 4.92. The summed E-state index contributed by atoms with van der Waals surface area (Å²) in [4.78, 5) is 11.8. The van der Waals surface area contributed by atoms with Gasteiger partial charge < -0.3 is 5.32 Å². The summed E-state index contributed by atoms with van der Waals surface area (Å²) in [7, 11) is 0. The SMILES string of the molecule is Cc1ccc(/C=C2/NC(=O)c3ccccc32)cc1. The Morgan fingerprint density at radius 3 is 2.33 bits per heavy atom. The molecule has 1 heterocycles. The van der Waals surface area contributed by atoms with Gasteiger partial charge in [-0.25, -0.2) is 0 Å². The Balaban J connectivity index is 2.04. The summed E-state index contributed by atoms with van der Waals surface area (Å²) in [5.74, 6) is -0.0241. The van der Waals surface area contributed by atoms with Gasteiger partial charge in [0, 0.05) is 16.8 Å². The lowest BCUT2D eigenvalue weighted by molar-refractivity contribution is 0.0981. The molecule has 0 aromatic heterocycles. The number of benzene rings is 2. The van der Waals surface area contributed by atoms with Crippen molar-refractivity contribution in [1.82, 2.24) is 5.32 Å². The Bertz CT molecular complexity index is 638. The molecule has 0 spiro atoms. The van der Waals surface area contributed by atoms with Crippen molar-refractivity contribution in [2.24, 2.45) is 0 Å². The van der Waals surface area contributed by atoms with Gasteiger partial charge in [-0.3, -0.25) is 4.79 Å². The van der Waals surface area contributed by atoms with Crippen LogP contribution >= 0.6 is 0 Å². The van der Waals surface area contributed by atoms with E-state index in [1.807, 2.05) is 30.3 Å². The van der Waals surface area contributed by atoms with Crippen LogP contribution in [0.1, 0.15) is 27.0 Å². The second-order valence-corrected chi connectivity index (χ2v) is 4.47. The Morgan fingerprint density at radius 2 is 1.61 bits per heavy atom. The summed E-state index contributed by atoms with van der Waals surface area (Å²) >= 11 is 0. The molecule has 0 aliphatic carbocycles. The van der Waals surface area contributed by atoms with E-state index in [9.17, 15) is 4.79 Å². The van der Waals surface area contributed by atoms with Gasteiger partial charge in [-0.1, -0.05) is 48.0 Å². The monoisotopic (exact) mass is 235 g/mol. The van der Waals surface area contributed by atoms with Crippen molar-refractivity contribution in [2.45, 2.75) is 6.92 Å². The van der Waals surface area contributed by atoms with E-state index in [-0.39, 0.29) is 5.91 Å². The predicted octanol–water partition coefficient (Wildman–Crippen LogP) is 3.24. The van der Waals surface area contributed by atoms with Gasteiger partial charge in [-0.05, 0) is 24.6 Å². The van der Waals surface area contributed by atoms with Crippen molar-refractivity contribution in [2.75, 3.05) is 0 Å². The molecular formula is C16H13NO. The highest BCUT2D eigenvalue weighted by atomic mass is 16.1. The first kappa shape index (κ1) is 10.8. The van der Waals surface area contributed by atoms with E-state index in [4.69, 9.17) is 0 Å². The second kappa shape index (κ2) is 4.15. The predicted molar refractivity (Wildman–Crippen MR) is 73.0 cm³/mol. The Kier molecular flexibility index (Phi) is 2.49. The lowest BCUT2D eigenvalue weighted by Crippen LogP contribution is -2.11. The number of carbonyl (C=O) groups excluding carboxylic acids is 1. The van der Waals surface area contributed by atoms with Crippen molar-refractivity contribution in [3.63, 3.8) is 0 Å². The highest BCUT2D eigenvalue weighted by molar-refractivity contribution is 6.11. The molecule has 0 unspecified atom stereocenters. The molecule has 18 heavy (non-hydrogen) atoms. The lowest BCUT2D eigenvalue weighted by atomic mass is 10.1. The van der Waals surface area contributed by atoms with E-state index < -0.39 is 0 Å². The number of amides is 1. The van der Waals surface area contributed by atoms with Crippen molar-refractivity contribution < 1.29 is 4.79 Å². The third kappa shape index (κ3) is 1.82. The van der Waals surface area contributed by atoms with Crippen LogP contribution in [0.3, 0.4) is 0 Å². The normalized spacial score (nSPS) is 15.6. The number of carbonyl (C=O) groups is 1. The van der Waals surface area contributed by atoms with E-state index in [2.05, 4.69) is 36.5 Å². The van der Waals surface area contributed by atoms with Gasteiger partial charge in [0.15, 0.2) is 0 Å². The first-order valence-electron chi connectivity index (χ1n) is 5.93. The van der Waals surface area contributed by atoms with Crippen molar-refractivity contribution in [3.05, 3.63) is 70.8 Å². The quantitative estimate of drug-likeness (QED) is 0.807. The van der Waals surface area contributed by atoms with E-state index in [1.165, 1.54) is 5.56 Å². The Morgan fingerprint density at radius 1 is 0.944 bits per heavy atom. The summed E-state index contributed by atoms with van der Waals surface area (Å²) in [6.07, 6.45) is 2.00. The lowest BCUT2D eigenvalue weighted by Gasteiger charge is -2.00. The van der Waals surface area contributed by atoms with Gasteiger partial charge in [0.25, 0.3) is 5.91 Å². The maximum Gasteiger partial charge on any atom is 0.256 e. The van der Waals surface area contributed by atoms with Crippen LogP contribution in [0.4, 0.5) is 0 Å². The van der Waals surface area contributed by atoms with Gasteiger partial charge in [0.05, 0.1) is 0 Å². The third-order valence-electron chi connectivity index (χ3n) is 3.10. The summed E-state index contributed by atoms with van der Waals surface area (Å²) in [5, 5.41) is 2.90. The molecule has 2 aromatic carbocycles. The van der Waals surface area contributed by atoms with Crippen molar-refractivity contribution in [1.29, 1.82) is 0 Å². The molecule has 88 valence electrons. The molecule has 1 aliphatic heterocycles. The molecule has 0 atom stereocenters. The van der Waals surface area contributed by atoms with Crippen LogP contribution in [0.15, 0.2) is 48.5 Å². The molecule has 0 bridgehead atoms. The molecule has 3 rings (SSSR count). The van der Waals surface area contributed by atoms with Crippen LogP contribution in [0, 0.1) is 6.92 Å². The van der Waals surface area contributed by atoms with Crippen LogP contribution in [0.25, 0.3) is 11.8 Å². The van der Waals surface area contributed by atoms with Gasteiger partial charge in [0.1, 0.15) is 0 Å². The van der Waals surface area contributed by atoms with E-state index >= 15 is 0 Å². The van der Waals surface area contributed by atoms with Crippen LogP contribution < -0.4 is 5.32 Å². The van der Waals surface area contributed by atoms with Crippen molar-refractivity contribution >= 4 is 17.7 Å². The van der Waals surface area contributed by atoms with E-state index in [0.717, 1.165) is 22.4 Å².